The van der Waals surface area contributed by atoms with Gasteiger partial charge in [0, 0.05) is 10.5 Å². The molecule has 0 aliphatic carbocycles. The number of rotatable bonds is 5. The van der Waals surface area contributed by atoms with Crippen molar-refractivity contribution in [2.24, 2.45) is 0 Å². The molecule has 1 amide bonds. The molecule has 4 aromatic rings. The monoisotopic (exact) mass is 510 g/mol. The maximum absolute atomic E-state index is 13.6. The molecular formula is C25H23FN4O3S2. The van der Waals surface area contributed by atoms with Gasteiger partial charge in [0.2, 0.25) is 0 Å². The summed E-state index contributed by atoms with van der Waals surface area (Å²) in [6, 6.07) is 14.7. The Hall–Kier alpha value is -3.24. The van der Waals surface area contributed by atoms with Crippen LogP contribution in [0.1, 0.15) is 28.5 Å². The molecule has 7 nitrogen and oxygen atoms in total. The molecule has 0 radical (unpaired) electrons. The molecular weight excluding hydrogens is 487 g/mol. The Bertz CT molecular complexity index is 1550. The van der Waals surface area contributed by atoms with Crippen molar-refractivity contribution in [2.75, 3.05) is 23.1 Å². The minimum atomic E-state index is -3.16. The van der Waals surface area contributed by atoms with Gasteiger partial charge in [0.05, 0.1) is 45.6 Å². The van der Waals surface area contributed by atoms with Crippen LogP contribution < -0.4 is 5.32 Å². The molecule has 0 spiro atoms. The van der Waals surface area contributed by atoms with E-state index < -0.39 is 9.84 Å². The number of nitrogens with one attached hydrogen (secondary N) is 1. The Kier molecular flexibility index (Phi) is 6.10. The number of benzene rings is 2. The number of hydrogen-bond acceptors (Lipinski definition) is 6. The quantitative estimate of drug-likeness (QED) is 0.385. The fraction of sp³-hybridized carbons (Fsp3) is 0.240. The lowest BCUT2D eigenvalue weighted by Gasteiger charge is -2.13. The summed E-state index contributed by atoms with van der Waals surface area (Å²) in [6.45, 7) is 1.79. The number of nitrogens with zero attached hydrogens (tertiary/aromatic N) is 3. The molecule has 0 saturated carbocycles. The van der Waals surface area contributed by atoms with Gasteiger partial charge in [-0.15, -0.1) is 11.8 Å². The molecule has 10 heteroatoms. The molecule has 0 bridgehead atoms. The van der Waals surface area contributed by atoms with Crippen molar-refractivity contribution in [2.45, 2.75) is 24.3 Å². The van der Waals surface area contributed by atoms with Gasteiger partial charge in [0.25, 0.3) is 5.91 Å². The highest BCUT2D eigenvalue weighted by Crippen LogP contribution is 2.33. The Balaban J connectivity index is 1.68. The molecule has 1 saturated heterocycles. The number of aryl methyl sites for hydroxylation is 1. The van der Waals surface area contributed by atoms with Crippen LogP contribution in [0.4, 0.5) is 10.1 Å². The normalized spacial score (nSPS) is 17.1. The van der Waals surface area contributed by atoms with Crippen molar-refractivity contribution in [3.05, 3.63) is 71.7 Å². The number of aromatic nitrogens is 3. The predicted molar refractivity (Wildman–Crippen MR) is 136 cm³/mol. The number of carbonyl (C=O) groups excluding carboxylic acids is 1. The first kappa shape index (κ1) is 23.5. The Morgan fingerprint density at radius 3 is 2.60 bits per heavy atom. The average Bonchev–Trinajstić information content (AvgIpc) is 3.38. The van der Waals surface area contributed by atoms with E-state index in [2.05, 4.69) is 10.4 Å². The zero-order valence-electron chi connectivity index (χ0n) is 19.2. The Labute approximate surface area is 206 Å². The third kappa shape index (κ3) is 4.55. The molecule has 1 N–H and O–H groups in total. The predicted octanol–water partition coefficient (Wildman–Crippen LogP) is 4.88. The Morgan fingerprint density at radius 1 is 1.17 bits per heavy atom. The summed E-state index contributed by atoms with van der Waals surface area (Å²) in [5.74, 6) is -0.634. The average molecular weight is 511 g/mol. The molecule has 3 heterocycles. The highest BCUT2D eigenvalue weighted by atomic mass is 32.2. The van der Waals surface area contributed by atoms with Gasteiger partial charge in [-0.05, 0) is 62.1 Å². The summed E-state index contributed by atoms with van der Waals surface area (Å²) in [7, 11) is -3.16. The zero-order chi connectivity index (χ0) is 24.7. The lowest BCUT2D eigenvalue weighted by molar-refractivity contribution is 0.102. The van der Waals surface area contributed by atoms with E-state index in [-0.39, 0.29) is 29.3 Å². The van der Waals surface area contributed by atoms with Gasteiger partial charge in [0.1, 0.15) is 5.82 Å². The number of pyridine rings is 1. The minimum absolute atomic E-state index is 0.0195. The molecule has 2 aromatic heterocycles. The number of para-hydroxylation sites is 1. The summed E-state index contributed by atoms with van der Waals surface area (Å²) < 4.78 is 39.5. The van der Waals surface area contributed by atoms with Gasteiger partial charge >= 0.3 is 0 Å². The standard InChI is InChI=1S/C25H23FN4O3S2/c1-15-23-19(25(31)28-20-5-3-4-6-22(20)34-2)13-21(16-7-9-17(26)10-8-16)27-24(23)30(29-15)18-11-12-35(32,33)14-18/h3-10,13,18H,11-12,14H2,1-2H3,(H,28,31). The van der Waals surface area contributed by atoms with E-state index in [1.807, 2.05) is 30.5 Å². The molecule has 1 fully saturated rings. The summed E-state index contributed by atoms with van der Waals surface area (Å²) in [5, 5.41) is 8.18. The van der Waals surface area contributed by atoms with E-state index in [0.717, 1.165) is 4.90 Å². The zero-order valence-corrected chi connectivity index (χ0v) is 20.8. The van der Waals surface area contributed by atoms with Crippen molar-refractivity contribution in [3.8, 4) is 11.3 Å². The summed E-state index contributed by atoms with van der Waals surface area (Å²) in [5.41, 5.74) is 3.19. The van der Waals surface area contributed by atoms with E-state index in [9.17, 15) is 17.6 Å². The van der Waals surface area contributed by atoms with Crippen molar-refractivity contribution in [1.29, 1.82) is 0 Å². The number of sulfone groups is 1. The number of anilines is 1. The van der Waals surface area contributed by atoms with Crippen LogP contribution in [0.15, 0.2) is 59.5 Å². The van der Waals surface area contributed by atoms with Gasteiger partial charge in [-0.1, -0.05) is 12.1 Å². The molecule has 1 aliphatic heterocycles. The maximum atomic E-state index is 13.6. The molecule has 5 rings (SSSR count). The third-order valence-electron chi connectivity index (χ3n) is 6.13. The lowest BCUT2D eigenvalue weighted by atomic mass is 10.0. The summed E-state index contributed by atoms with van der Waals surface area (Å²) in [6.07, 6.45) is 2.37. The van der Waals surface area contributed by atoms with Gasteiger partial charge in [-0.3, -0.25) is 4.79 Å². The highest BCUT2D eigenvalue weighted by Gasteiger charge is 2.32. The van der Waals surface area contributed by atoms with Crippen molar-refractivity contribution < 1.29 is 17.6 Å². The number of fused-ring (bicyclic) bond motifs is 1. The summed E-state index contributed by atoms with van der Waals surface area (Å²) in [4.78, 5) is 19.3. The minimum Gasteiger partial charge on any atom is -0.321 e. The van der Waals surface area contributed by atoms with Crippen LogP contribution in [0, 0.1) is 12.7 Å². The van der Waals surface area contributed by atoms with Crippen LogP contribution in [0.2, 0.25) is 0 Å². The molecule has 2 aromatic carbocycles. The van der Waals surface area contributed by atoms with Crippen LogP contribution >= 0.6 is 11.8 Å². The second-order valence-electron chi connectivity index (χ2n) is 8.50. The number of carbonyl (C=O) groups is 1. The number of hydrogen-bond donors (Lipinski definition) is 1. The van der Waals surface area contributed by atoms with Gasteiger partial charge in [0.15, 0.2) is 15.5 Å². The van der Waals surface area contributed by atoms with E-state index in [4.69, 9.17) is 4.98 Å². The topological polar surface area (TPSA) is 93.9 Å². The first-order valence-electron chi connectivity index (χ1n) is 11.1. The fourth-order valence-electron chi connectivity index (χ4n) is 4.42. The van der Waals surface area contributed by atoms with E-state index in [0.29, 0.717) is 45.7 Å². The molecule has 1 unspecified atom stereocenters. The molecule has 1 atom stereocenters. The van der Waals surface area contributed by atoms with Crippen LogP contribution in [0.3, 0.4) is 0 Å². The van der Waals surface area contributed by atoms with Crippen LogP contribution in [-0.4, -0.2) is 46.9 Å². The maximum Gasteiger partial charge on any atom is 0.256 e. The number of thioether (sulfide) groups is 1. The Morgan fingerprint density at radius 2 is 1.91 bits per heavy atom. The lowest BCUT2D eigenvalue weighted by Crippen LogP contribution is -2.15. The van der Waals surface area contributed by atoms with Gasteiger partial charge in [-0.25, -0.2) is 22.5 Å². The van der Waals surface area contributed by atoms with E-state index in [1.165, 1.54) is 23.9 Å². The second kappa shape index (κ2) is 9.09. The highest BCUT2D eigenvalue weighted by molar-refractivity contribution is 7.98. The van der Waals surface area contributed by atoms with E-state index >= 15 is 0 Å². The largest absolute Gasteiger partial charge is 0.321 e. The number of halogens is 1. The van der Waals surface area contributed by atoms with Crippen molar-refractivity contribution in [1.82, 2.24) is 14.8 Å². The number of amides is 1. The van der Waals surface area contributed by atoms with Gasteiger partial charge < -0.3 is 5.32 Å². The molecule has 35 heavy (non-hydrogen) atoms. The molecule has 180 valence electrons. The summed E-state index contributed by atoms with van der Waals surface area (Å²) >= 11 is 1.53. The first-order chi connectivity index (χ1) is 16.8. The van der Waals surface area contributed by atoms with E-state index in [1.54, 1.807) is 29.8 Å². The van der Waals surface area contributed by atoms with Crippen LogP contribution in [-0.2, 0) is 9.84 Å². The smallest absolute Gasteiger partial charge is 0.256 e. The molecule has 1 aliphatic rings. The van der Waals surface area contributed by atoms with Gasteiger partial charge in [-0.2, -0.15) is 5.10 Å². The fourth-order valence-corrected chi connectivity index (χ4v) is 6.67. The van der Waals surface area contributed by atoms with Crippen LogP contribution in [0.5, 0.6) is 0 Å². The van der Waals surface area contributed by atoms with Crippen molar-refractivity contribution >= 4 is 44.2 Å². The first-order valence-corrected chi connectivity index (χ1v) is 14.1. The van der Waals surface area contributed by atoms with Crippen LogP contribution in [0.25, 0.3) is 22.3 Å². The third-order valence-corrected chi connectivity index (χ3v) is 8.68. The van der Waals surface area contributed by atoms with Crippen molar-refractivity contribution in [3.63, 3.8) is 0 Å². The SMILES string of the molecule is CSc1ccccc1NC(=O)c1cc(-c2ccc(F)cc2)nc2c1c(C)nn2C1CCS(=O)(=O)C1. The second-order valence-corrected chi connectivity index (χ2v) is 11.6.